The predicted octanol–water partition coefficient (Wildman–Crippen LogP) is 2.73. The fourth-order valence-corrected chi connectivity index (χ4v) is 1.44. The van der Waals surface area contributed by atoms with Crippen LogP contribution in [0.25, 0.3) is 10.9 Å². The summed E-state index contributed by atoms with van der Waals surface area (Å²) in [5.74, 6) is -2.18. The monoisotopic (exact) mass is 225 g/mol. The molecular weight excluding hydrogens is 221 g/mol. The van der Waals surface area contributed by atoms with E-state index in [1.54, 1.807) is 6.07 Å². The van der Waals surface area contributed by atoms with Crippen molar-refractivity contribution in [2.24, 2.45) is 0 Å². The summed E-state index contributed by atoms with van der Waals surface area (Å²) in [6.45, 7) is 0. The van der Waals surface area contributed by atoms with Crippen LogP contribution in [0.15, 0.2) is 24.3 Å². The van der Waals surface area contributed by atoms with E-state index in [9.17, 15) is 9.18 Å². The van der Waals surface area contributed by atoms with Gasteiger partial charge in [-0.05, 0) is 18.2 Å². The first-order chi connectivity index (χ1) is 7.09. The first-order valence-electron chi connectivity index (χ1n) is 4.07. The fourth-order valence-electron chi connectivity index (χ4n) is 1.30. The van der Waals surface area contributed by atoms with Gasteiger partial charge in [0.05, 0.1) is 5.56 Å². The molecule has 0 aliphatic rings. The third-order valence-electron chi connectivity index (χ3n) is 2.00. The second kappa shape index (κ2) is 3.47. The van der Waals surface area contributed by atoms with Crippen LogP contribution in [-0.2, 0) is 0 Å². The van der Waals surface area contributed by atoms with Crippen molar-refractivity contribution in [3.05, 3.63) is 40.8 Å². The largest absolute Gasteiger partial charge is 0.478 e. The maximum atomic E-state index is 13.6. The molecule has 0 saturated carbocycles. The number of carbonyl (C=O) groups is 1. The van der Waals surface area contributed by atoms with Crippen molar-refractivity contribution in [2.45, 2.75) is 0 Å². The SMILES string of the molecule is O=C(O)c1ccc2ccc(Cl)nc2c1F. The Bertz CT molecular complexity index is 556. The molecule has 5 heteroatoms. The van der Waals surface area contributed by atoms with Gasteiger partial charge in [-0.3, -0.25) is 0 Å². The second-order valence-corrected chi connectivity index (χ2v) is 3.33. The normalized spacial score (nSPS) is 10.5. The van der Waals surface area contributed by atoms with E-state index in [1.165, 1.54) is 18.2 Å². The van der Waals surface area contributed by atoms with Gasteiger partial charge in [-0.1, -0.05) is 17.7 Å². The summed E-state index contributed by atoms with van der Waals surface area (Å²) >= 11 is 5.60. The van der Waals surface area contributed by atoms with Gasteiger partial charge in [0.15, 0.2) is 5.82 Å². The van der Waals surface area contributed by atoms with Gasteiger partial charge in [-0.25, -0.2) is 14.2 Å². The molecule has 3 nitrogen and oxygen atoms in total. The molecule has 0 amide bonds. The van der Waals surface area contributed by atoms with Gasteiger partial charge in [0, 0.05) is 5.39 Å². The third kappa shape index (κ3) is 1.64. The van der Waals surface area contributed by atoms with E-state index in [0.29, 0.717) is 5.39 Å². The molecule has 0 bridgehead atoms. The van der Waals surface area contributed by atoms with Gasteiger partial charge in [-0.15, -0.1) is 0 Å². The number of benzene rings is 1. The molecule has 1 aromatic heterocycles. The first kappa shape index (κ1) is 9.86. The van der Waals surface area contributed by atoms with Crippen LogP contribution in [0.2, 0.25) is 5.15 Å². The second-order valence-electron chi connectivity index (χ2n) is 2.94. The fraction of sp³-hybridized carbons (Fsp3) is 0. The Morgan fingerprint density at radius 3 is 2.67 bits per heavy atom. The number of carboxylic acid groups (broad SMARTS) is 1. The molecule has 2 rings (SSSR count). The highest BCUT2D eigenvalue weighted by molar-refractivity contribution is 6.29. The lowest BCUT2D eigenvalue weighted by molar-refractivity contribution is 0.0692. The highest BCUT2D eigenvalue weighted by Crippen LogP contribution is 2.21. The number of nitrogens with zero attached hydrogens (tertiary/aromatic N) is 1. The number of hydrogen-bond donors (Lipinski definition) is 1. The van der Waals surface area contributed by atoms with E-state index < -0.39 is 17.3 Å². The Hall–Kier alpha value is -1.68. The zero-order valence-corrected chi connectivity index (χ0v) is 8.12. The summed E-state index contributed by atoms with van der Waals surface area (Å²) in [6.07, 6.45) is 0. The van der Waals surface area contributed by atoms with Gasteiger partial charge in [0.1, 0.15) is 10.7 Å². The smallest absolute Gasteiger partial charge is 0.338 e. The average Bonchev–Trinajstić information content (AvgIpc) is 2.19. The number of fused-ring (bicyclic) bond motifs is 1. The molecule has 0 atom stereocenters. The van der Waals surface area contributed by atoms with Gasteiger partial charge >= 0.3 is 5.97 Å². The Morgan fingerprint density at radius 1 is 1.33 bits per heavy atom. The van der Waals surface area contributed by atoms with Gasteiger partial charge in [0.2, 0.25) is 0 Å². The highest BCUT2D eigenvalue weighted by atomic mass is 35.5. The quantitative estimate of drug-likeness (QED) is 0.760. The lowest BCUT2D eigenvalue weighted by Gasteiger charge is -2.02. The topological polar surface area (TPSA) is 50.2 Å². The van der Waals surface area contributed by atoms with E-state index in [2.05, 4.69) is 4.98 Å². The molecule has 0 aliphatic heterocycles. The maximum Gasteiger partial charge on any atom is 0.338 e. The molecule has 2 aromatic rings. The summed E-state index contributed by atoms with van der Waals surface area (Å²) in [4.78, 5) is 14.4. The minimum atomic E-state index is -1.32. The van der Waals surface area contributed by atoms with Crippen molar-refractivity contribution in [3.8, 4) is 0 Å². The van der Waals surface area contributed by atoms with Crippen LogP contribution in [0.4, 0.5) is 4.39 Å². The summed E-state index contributed by atoms with van der Waals surface area (Å²) in [7, 11) is 0. The van der Waals surface area contributed by atoms with E-state index in [1.807, 2.05) is 0 Å². The molecule has 1 heterocycles. The van der Waals surface area contributed by atoms with Crippen LogP contribution < -0.4 is 0 Å². The summed E-state index contributed by atoms with van der Waals surface area (Å²) in [6, 6.07) is 5.80. The lowest BCUT2D eigenvalue weighted by Crippen LogP contribution is -2.01. The molecule has 76 valence electrons. The minimum Gasteiger partial charge on any atom is -0.478 e. The van der Waals surface area contributed by atoms with E-state index in [4.69, 9.17) is 16.7 Å². The van der Waals surface area contributed by atoms with Gasteiger partial charge in [-0.2, -0.15) is 0 Å². The van der Waals surface area contributed by atoms with E-state index in [-0.39, 0.29) is 10.7 Å². The average molecular weight is 226 g/mol. The summed E-state index contributed by atoms with van der Waals surface area (Å²) in [5, 5.41) is 9.34. The van der Waals surface area contributed by atoms with E-state index in [0.717, 1.165) is 0 Å². The van der Waals surface area contributed by atoms with Crippen molar-refractivity contribution in [1.29, 1.82) is 0 Å². The van der Waals surface area contributed by atoms with Crippen molar-refractivity contribution >= 4 is 28.5 Å². The molecule has 0 spiro atoms. The molecule has 1 N–H and O–H groups in total. The summed E-state index contributed by atoms with van der Waals surface area (Å²) in [5.41, 5.74) is -0.431. The lowest BCUT2D eigenvalue weighted by atomic mass is 10.1. The van der Waals surface area contributed by atoms with Crippen LogP contribution >= 0.6 is 11.6 Å². The number of carboxylic acids is 1. The molecule has 0 unspecified atom stereocenters. The van der Waals surface area contributed by atoms with Crippen LogP contribution in [0.3, 0.4) is 0 Å². The van der Waals surface area contributed by atoms with Crippen molar-refractivity contribution < 1.29 is 14.3 Å². The number of rotatable bonds is 1. The van der Waals surface area contributed by atoms with Crippen molar-refractivity contribution in [1.82, 2.24) is 4.98 Å². The Labute approximate surface area is 89.1 Å². The third-order valence-corrected chi connectivity index (χ3v) is 2.21. The standard InChI is InChI=1S/C10H5ClFNO2/c11-7-4-2-5-1-3-6(10(14)15)8(12)9(5)13-7/h1-4H,(H,14,15). The predicted molar refractivity (Wildman–Crippen MR) is 53.7 cm³/mol. The van der Waals surface area contributed by atoms with Crippen LogP contribution in [0, 0.1) is 5.82 Å². The first-order valence-corrected chi connectivity index (χ1v) is 4.45. The van der Waals surface area contributed by atoms with Gasteiger partial charge < -0.3 is 5.11 Å². The van der Waals surface area contributed by atoms with Crippen LogP contribution in [-0.4, -0.2) is 16.1 Å². The van der Waals surface area contributed by atoms with Crippen LogP contribution in [0.5, 0.6) is 0 Å². The van der Waals surface area contributed by atoms with E-state index >= 15 is 0 Å². The Morgan fingerprint density at radius 2 is 2.00 bits per heavy atom. The zero-order chi connectivity index (χ0) is 11.0. The maximum absolute atomic E-state index is 13.6. The Balaban J connectivity index is 2.82. The van der Waals surface area contributed by atoms with Crippen LogP contribution in [0.1, 0.15) is 10.4 Å². The Kier molecular flexibility index (Phi) is 2.28. The number of hydrogen-bond acceptors (Lipinski definition) is 2. The van der Waals surface area contributed by atoms with Gasteiger partial charge in [0.25, 0.3) is 0 Å². The number of halogens is 2. The molecular formula is C10H5ClFNO2. The molecule has 0 aliphatic carbocycles. The summed E-state index contributed by atoms with van der Waals surface area (Å²) < 4.78 is 13.6. The zero-order valence-electron chi connectivity index (χ0n) is 7.37. The number of aromatic carboxylic acids is 1. The molecule has 0 radical (unpaired) electrons. The minimum absolute atomic E-state index is 0.0256. The van der Waals surface area contributed by atoms with Crippen molar-refractivity contribution in [3.63, 3.8) is 0 Å². The molecule has 15 heavy (non-hydrogen) atoms. The molecule has 0 fully saturated rings. The highest BCUT2D eigenvalue weighted by Gasteiger charge is 2.14. The number of pyridine rings is 1. The molecule has 0 saturated heterocycles. The van der Waals surface area contributed by atoms with Crippen molar-refractivity contribution in [2.75, 3.05) is 0 Å². The molecule has 1 aromatic carbocycles. The number of aromatic nitrogens is 1.